The zero-order valence-electron chi connectivity index (χ0n) is 11.5. The van der Waals surface area contributed by atoms with Crippen molar-refractivity contribution in [3.8, 4) is 6.07 Å². The van der Waals surface area contributed by atoms with E-state index >= 15 is 0 Å². The lowest BCUT2D eigenvalue weighted by Gasteiger charge is -2.25. The molecule has 1 aliphatic heterocycles. The lowest BCUT2D eigenvalue weighted by molar-refractivity contribution is 0.0278. The first kappa shape index (κ1) is 13.2. The van der Waals surface area contributed by atoms with Gasteiger partial charge in [0.1, 0.15) is 5.60 Å². The van der Waals surface area contributed by atoms with Crippen molar-refractivity contribution in [1.82, 2.24) is 4.90 Å². The molecule has 1 saturated carbocycles. The van der Waals surface area contributed by atoms with Gasteiger partial charge in [0.25, 0.3) is 0 Å². The van der Waals surface area contributed by atoms with E-state index in [9.17, 15) is 4.79 Å². The molecule has 0 bridgehead atoms. The number of likely N-dealkylation sites (tertiary alicyclic amines) is 1. The summed E-state index contributed by atoms with van der Waals surface area (Å²) >= 11 is 0. The van der Waals surface area contributed by atoms with Gasteiger partial charge in [-0.05, 0) is 51.4 Å². The van der Waals surface area contributed by atoms with Crippen LogP contribution in [0.3, 0.4) is 0 Å². The van der Waals surface area contributed by atoms with E-state index in [4.69, 9.17) is 10.00 Å². The summed E-state index contributed by atoms with van der Waals surface area (Å²) in [4.78, 5) is 13.8. The van der Waals surface area contributed by atoms with Crippen LogP contribution in [-0.2, 0) is 4.74 Å². The summed E-state index contributed by atoms with van der Waals surface area (Å²) in [6, 6.07) is 2.26. The van der Waals surface area contributed by atoms with Crippen LogP contribution in [0.15, 0.2) is 0 Å². The Morgan fingerprint density at radius 1 is 1.33 bits per heavy atom. The van der Waals surface area contributed by atoms with Crippen molar-refractivity contribution in [2.24, 2.45) is 17.8 Å². The Bertz CT molecular complexity index is 353. The SMILES string of the molecule is CC(C)(C)OC(=O)N1CC2CC(CC#N)C[C@@H]2C1. The van der Waals surface area contributed by atoms with Crippen LogP contribution in [0.2, 0.25) is 0 Å². The number of hydrogen-bond donors (Lipinski definition) is 0. The maximum atomic E-state index is 12.0. The average molecular weight is 250 g/mol. The number of hydrogen-bond acceptors (Lipinski definition) is 3. The molecule has 0 aromatic heterocycles. The molecule has 0 spiro atoms. The van der Waals surface area contributed by atoms with Crippen molar-refractivity contribution >= 4 is 6.09 Å². The Labute approximate surface area is 109 Å². The van der Waals surface area contributed by atoms with Gasteiger partial charge in [-0.25, -0.2) is 4.79 Å². The van der Waals surface area contributed by atoms with Gasteiger partial charge in [-0.2, -0.15) is 5.26 Å². The third-order valence-electron chi connectivity index (χ3n) is 3.88. The van der Waals surface area contributed by atoms with E-state index in [0.717, 1.165) is 25.9 Å². The van der Waals surface area contributed by atoms with E-state index in [-0.39, 0.29) is 6.09 Å². The van der Waals surface area contributed by atoms with Gasteiger partial charge in [-0.1, -0.05) is 0 Å². The molecule has 4 nitrogen and oxygen atoms in total. The lowest BCUT2D eigenvalue weighted by atomic mass is 10.0. The van der Waals surface area contributed by atoms with Gasteiger partial charge in [0.2, 0.25) is 0 Å². The smallest absolute Gasteiger partial charge is 0.410 e. The van der Waals surface area contributed by atoms with Crippen LogP contribution in [0.25, 0.3) is 0 Å². The van der Waals surface area contributed by atoms with Crippen LogP contribution >= 0.6 is 0 Å². The Morgan fingerprint density at radius 3 is 2.33 bits per heavy atom. The predicted molar refractivity (Wildman–Crippen MR) is 67.7 cm³/mol. The molecule has 1 amide bonds. The Hall–Kier alpha value is -1.24. The second kappa shape index (κ2) is 4.79. The Kier molecular flexibility index (Phi) is 3.52. The average Bonchev–Trinajstić information content (AvgIpc) is 2.72. The van der Waals surface area contributed by atoms with Crippen molar-refractivity contribution in [3.63, 3.8) is 0 Å². The van der Waals surface area contributed by atoms with E-state index in [1.54, 1.807) is 0 Å². The van der Waals surface area contributed by atoms with E-state index in [1.807, 2.05) is 25.7 Å². The minimum absolute atomic E-state index is 0.186. The van der Waals surface area contributed by atoms with Gasteiger partial charge >= 0.3 is 6.09 Å². The summed E-state index contributed by atoms with van der Waals surface area (Å²) in [7, 11) is 0. The molecule has 18 heavy (non-hydrogen) atoms. The van der Waals surface area contributed by atoms with E-state index < -0.39 is 5.60 Å². The monoisotopic (exact) mass is 250 g/mol. The summed E-state index contributed by atoms with van der Waals surface area (Å²) < 4.78 is 5.40. The summed E-state index contributed by atoms with van der Waals surface area (Å²) in [6.07, 6.45) is 2.67. The molecule has 0 radical (unpaired) electrons. The fourth-order valence-corrected chi connectivity index (χ4v) is 3.20. The van der Waals surface area contributed by atoms with Gasteiger partial charge in [-0.15, -0.1) is 0 Å². The first-order chi connectivity index (χ1) is 8.39. The van der Waals surface area contributed by atoms with Crippen LogP contribution in [0.4, 0.5) is 4.79 Å². The number of ether oxygens (including phenoxy) is 1. The maximum Gasteiger partial charge on any atom is 0.410 e. The van der Waals surface area contributed by atoms with Gasteiger partial charge in [0.05, 0.1) is 6.07 Å². The number of carbonyl (C=O) groups excluding carboxylic acids is 1. The highest BCUT2D eigenvalue weighted by molar-refractivity contribution is 5.68. The highest BCUT2D eigenvalue weighted by atomic mass is 16.6. The number of amides is 1. The number of nitriles is 1. The molecule has 4 heteroatoms. The molecule has 1 saturated heterocycles. The van der Waals surface area contributed by atoms with Crippen molar-refractivity contribution in [2.45, 2.75) is 45.6 Å². The second-order valence-corrected chi connectivity index (χ2v) is 6.61. The molecule has 0 N–H and O–H groups in total. The second-order valence-electron chi connectivity index (χ2n) is 6.61. The molecule has 0 aromatic carbocycles. The quantitative estimate of drug-likeness (QED) is 0.719. The van der Waals surface area contributed by atoms with Crippen molar-refractivity contribution in [2.75, 3.05) is 13.1 Å². The Balaban J connectivity index is 1.85. The summed E-state index contributed by atoms with van der Waals surface area (Å²) in [5.41, 5.74) is -0.419. The number of nitrogens with zero attached hydrogens (tertiary/aromatic N) is 2. The van der Waals surface area contributed by atoms with E-state index in [1.165, 1.54) is 0 Å². The fourth-order valence-electron chi connectivity index (χ4n) is 3.20. The molecule has 2 rings (SSSR count). The number of fused-ring (bicyclic) bond motifs is 1. The number of carbonyl (C=O) groups is 1. The van der Waals surface area contributed by atoms with Crippen LogP contribution in [0.5, 0.6) is 0 Å². The van der Waals surface area contributed by atoms with Gasteiger partial charge in [0.15, 0.2) is 0 Å². The Morgan fingerprint density at radius 2 is 1.89 bits per heavy atom. The predicted octanol–water partition coefficient (Wildman–Crippen LogP) is 2.79. The molecule has 3 atom stereocenters. The summed E-state index contributed by atoms with van der Waals surface area (Å²) in [5.74, 6) is 1.71. The fraction of sp³-hybridized carbons (Fsp3) is 0.857. The van der Waals surface area contributed by atoms with Crippen molar-refractivity contribution in [1.29, 1.82) is 5.26 Å². The van der Waals surface area contributed by atoms with Crippen LogP contribution in [0, 0.1) is 29.1 Å². The summed E-state index contributed by atoms with van der Waals surface area (Å²) in [5, 5.41) is 8.72. The van der Waals surface area contributed by atoms with Crippen molar-refractivity contribution in [3.05, 3.63) is 0 Å². The molecule has 2 fully saturated rings. The first-order valence-electron chi connectivity index (χ1n) is 6.74. The third kappa shape index (κ3) is 2.95. The molecular weight excluding hydrogens is 228 g/mol. The molecular formula is C14H22N2O2. The molecule has 100 valence electrons. The first-order valence-corrected chi connectivity index (χ1v) is 6.74. The zero-order chi connectivity index (χ0) is 13.3. The van der Waals surface area contributed by atoms with Crippen LogP contribution in [0.1, 0.15) is 40.0 Å². The van der Waals surface area contributed by atoms with Crippen LogP contribution in [-0.4, -0.2) is 29.7 Å². The standard InChI is InChI=1S/C14H22N2O2/c1-14(2,3)18-13(17)16-8-11-6-10(4-5-15)7-12(11)9-16/h10-12H,4,6-9H2,1-3H3/t10?,11-,12?/m1/s1. The molecule has 1 heterocycles. The largest absolute Gasteiger partial charge is 0.444 e. The minimum atomic E-state index is -0.419. The lowest BCUT2D eigenvalue weighted by Crippen LogP contribution is -2.36. The molecule has 2 aliphatic rings. The normalized spacial score (nSPS) is 31.0. The van der Waals surface area contributed by atoms with Gasteiger partial charge < -0.3 is 9.64 Å². The van der Waals surface area contributed by atoms with Crippen LogP contribution < -0.4 is 0 Å². The highest BCUT2D eigenvalue weighted by Gasteiger charge is 2.43. The topological polar surface area (TPSA) is 53.3 Å². The molecule has 1 aliphatic carbocycles. The van der Waals surface area contributed by atoms with Gasteiger partial charge in [-0.3, -0.25) is 0 Å². The van der Waals surface area contributed by atoms with Crippen molar-refractivity contribution < 1.29 is 9.53 Å². The maximum absolute atomic E-state index is 12.0. The third-order valence-corrected chi connectivity index (χ3v) is 3.88. The molecule has 2 unspecified atom stereocenters. The van der Waals surface area contributed by atoms with E-state index in [0.29, 0.717) is 24.2 Å². The molecule has 0 aromatic rings. The minimum Gasteiger partial charge on any atom is -0.444 e. The zero-order valence-corrected chi connectivity index (χ0v) is 11.5. The van der Waals surface area contributed by atoms with Gasteiger partial charge in [0, 0.05) is 19.5 Å². The highest BCUT2D eigenvalue weighted by Crippen LogP contribution is 2.42. The summed E-state index contributed by atoms with van der Waals surface area (Å²) in [6.45, 7) is 7.29. The number of rotatable bonds is 1. The van der Waals surface area contributed by atoms with E-state index in [2.05, 4.69) is 6.07 Å².